The molecule has 1 aliphatic rings. The topological polar surface area (TPSA) is 89.8 Å². The molecule has 0 saturated carbocycles. The lowest BCUT2D eigenvalue weighted by atomic mass is 9.93. The number of fused-ring (bicyclic) bond motifs is 1. The summed E-state index contributed by atoms with van der Waals surface area (Å²) in [5.74, 6) is 0.773. The van der Waals surface area contributed by atoms with Crippen molar-refractivity contribution in [3.8, 4) is 5.75 Å². The quantitative estimate of drug-likeness (QED) is 0.348. The van der Waals surface area contributed by atoms with Crippen LogP contribution in [0.25, 0.3) is 0 Å². The third-order valence-electron chi connectivity index (χ3n) is 4.43. The molecule has 6 nitrogen and oxygen atoms in total. The fourth-order valence-corrected chi connectivity index (χ4v) is 3.37. The zero-order valence-electron chi connectivity index (χ0n) is 15.3. The average Bonchev–Trinajstić information content (AvgIpc) is 2.95. The number of ether oxygens (including phenoxy) is 1. The smallest absolute Gasteiger partial charge is 0.379 e. The third kappa shape index (κ3) is 3.99. The molecule has 142 valence electrons. The van der Waals surface area contributed by atoms with Gasteiger partial charge in [0.1, 0.15) is 11.5 Å². The van der Waals surface area contributed by atoms with Crippen molar-refractivity contribution in [3.63, 3.8) is 0 Å². The number of esters is 1. The number of nitrogens with zero attached hydrogens (tertiary/aromatic N) is 1. The highest BCUT2D eigenvalue weighted by atomic mass is 35.5. The molecule has 3 rings (SSSR count). The number of hydrogen-bond donors (Lipinski definition) is 2. The van der Waals surface area contributed by atoms with E-state index in [0.29, 0.717) is 16.3 Å². The van der Waals surface area contributed by atoms with E-state index in [-0.39, 0.29) is 10.9 Å². The summed E-state index contributed by atoms with van der Waals surface area (Å²) in [5, 5.41) is 4.99. The van der Waals surface area contributed by atoms with Crippen LogP contribution in [0.15, 0.2) is 21.7 Å². The highest BCUT2D eigenvalue weighted by Gasteiger charge is 2.29. The van der Waals surface area contributed by atoms with E-state index in [1.165, 1.54) is 0 Å². The van der Waals surface area contributed by atoms with Crippen LogP contribution in [0.4, 0.5) is 0 Å². The van der Waals surface area contributed by atoms with Gasteiger partial charge >= 0.3 is 5.97 Å². The van der Waals surface area contributed by atoms with Crippen LogP contribution in [0.2, 0.25) is 5.02 Å². The van der Waals surface area contributed by atoms with Crippen molar-refractivity contribution in [3.05, 3.63) is 50.9 Å². The van der Waals surface area contributed by atoms with Crippen molar-refractivity contribution < 1.29 is 13.9 Å². The molecule has 27 heavy (non-hydrogen) atoms. The van der Waals surface area contributed by atoms with E-state index in [1.807, 2.05) is 20.8 Å². The van der Waals surface area contributed by atoms with Gasteiger partial charge in [-0.2, -0.15) is 5.10 Å². The van der Waals surface area contributed by atoms with Gasteiger partial charge in [0.25, 0.3) is 0 Å². The average molecular weight is 406 g/mol. The highest BCUT2D eigenvalue weighted by molar-refractivity contribution is 7.80. The number of halogens is 1. The van der Waals surface area contributed by atoms with Crippen LogP contribution in [-0.4, -0.2) is 16.8 Å². The van der Waals surface area contributed by atoms with Gasteiger partial charge in [-0.3, -0.25) is 5.43 Å². The van der Waals surface area contributed by atoms with Crippen LogP contribution in [0.5, 0.6) is 5.75 Å². The predicted octanol–water partition coefficient (Wildman–Crippen LogP) is 3.95. The summed E-state index contributed by atoms with van der Waals surface area (Å²) in [6.45, 7) is 5.54. The van der Waals surface area contributed by atoms with Gasteiger partial charge in [0.2, 0.25) is 5.76 Å². The van der Waals surface area contributed by atoms with Crippen LogP contribution in [0.3, 0.4) is 0 Å². The molecule has 1 heterocycles. The first-order valence-electron chi connectivity index (χ1n) is 8.51. The molecule has 0 unspecified atom stereocenters. The fourth-order valence-electron chi connectivity index (χ4n) is 3.22. The standard InChI is InChI=1S/C19H20ClN3O3S/c1-9-7-12(8-10(2)16(9)20)25-18(24)17-11(3)15-13(22-23-19(21)27)5-4-6-14(15)26-17/h7-8H,4-6H2,1-3H3,(H3,21,23,27)/b22-13+. The molecule has 1 aliphatic carbocycles. The number of hydrazone groups is 1. The molecular weight excluding hydrogens is 386 g/mol. The lowest BCUT2D eigenvalue weighted by Gasteiger charge is -2.13. The summed E-state index contributed by atoms with van der Waals surface area (Å²) in [6.07, 6.45) is 2.34. The highest BCUT2D eigenvalue weighted by Crippen LogP contribution is 2.31. The van der Waals surface area contributed by atoms with Gasteiger partial charge in [-0.1, -0.05) is 11.6 Å². The Morgan fingerprint density at radius 3 is 2.59 bits per heavy atom. The first kappa shape index (κ1) is 19.4. The Balaban J connectivity index is 1.91. The van der Waals surface area contributed by atoms with Crippen LogP contribution < -0.4 is 15.9 Å². The summed E-state index contributed by atoms with van der Waals surface area (Å²) < 4.78 is 11.3. The summed E-state index contributed by atoms with van der Waals surface area (Å²) in [5.41, 5.74) is 12.0. The van der Waals surface area contributed by atoms with Crippen molar-refractivity contribution in [2.24, 2.45) is 10.8 Å². The molecule has 0 bridgehead atoms. The summed E-state index contributed by atoms with van der Waals surface area (Å²) >= 11 is 11.0. The maximum Gasteiger partial charge on any atom is 0.379 e. The van der Waals surface area contributed by atoms with Crippen molar-refractivity contribution in [1.82, 2.24) is 5.43 Å². The van der Waals surface area contributed by atoms with Crippen LogP contribution >= 0.6 is 23.8 Å². The number of nitrogens with two attached hydrogens (primary N) is 1. The van der Waals surface area contributed by atoms with Crippen molar-refractivity contribution in [2.45, 2.75) is 40.0 Å². The molecule has 2 aromatic rings. The van der Waals surface area contributed by atoms with E-state index in [9.17, 15) is 4.79 Å². The molecule has 1 aromatic carbocycles. The normalized spacial score (nSPS) is 14.7. The number of furan rings is 1. The summed E-state index contributed by atoms with van der Waals surface area (Å²) in [7, 11) is 0. The van der Waals surface area contributed by atoms with E-state index in [4.69, 9.17) is 38.7 Å². The number of carbonyl (C=O) groups is 1. The van der Waals surface area contributed by atoms with Gasteiger partial charge < -0.3 is 14.9 Å². The van der Waals surface area contributed by atoms with E-state index < -0.39 is 5.97 Å². The monoisotopic (exact) mass is 405 g/mol. The Bertz CT molecular complexity index is 942. The second kappa shape index (κ2) is 7.70. The number of thiocarbonyl (C=S) groups is 1. The van der Waals surface area contributed by atoms with Gasteiger partial charge in [-0.05, 0) is 69.1 Å². The van der Waals surface area contributed by atoms with Crippen molar-refractivity contribution in [1.29, 1.82) is 0 Å². The third-order valence-corrected chi connectivity index (χ3v) is 5.12. The zero-order valence-corrected chi connectivity index (χ0v) is 16.9. The molecule has 3 N–H and O–H groups in total. The summed E-state index contributed by atoms with van der Waals surface area (Å²) in [6, 6.07) is 3.45. The number of aryl methyl sites for hydroxylation is 3. The zero-order chi connectivity index (χ0) is 19.7. The van der Waals surface area contributed by atoms with Crippen molar-refractivity contribution >= 4 is 40.6 Å². The molecule has 0 saturated heterocycles. The SMILES string of the molecule is Cc1cc(OC(=O)c2oc3c(c2C)/C(=N/NC(N)=S)CCC3)cc(C)c1Cl. The number of carbonyl (C=O) groups excluding carboxylic acids is 1. The van der Waals surface area contributed by atoms with Gasteiger partial charge in [0.15, 0.2) is 5.11 Å². The largest absolute Gasteiger partial charge is 0.453 e. The van der Waals surface area contributed by atoms with Gasteiger partial charge in [-0.25, -0.2) is 4.79 Å². The lowest BCUT2D eigenvalue weighted by molar-refractivity contribution is 0.0698. The second-order valence-electron chi connectivity index (χ2n) is 6.50. The van der Waals surface area contributed by atoms with E-state index in [2.05, 4.69) is 10.5 Å². The Hall–Kier alpha value is -2.38. The van der Waals surface area contributed by atoms with Crippen LogP contribution in [0.1, 0.15) is 51.4 Å². The molecule has 0 fully saturated rings. The van der Waals surface area contributed by atoms with Crippen LogP contribution in [-0.2, 0) is 6.42 Å². The second-order valence-corrected chi connectivity index (χ2v) is 7.32. The van der Waals surface area contributed by atoms with Crippen molar-refractivity contribution in [2.75, 3.05) is 0 Å². The van der Waals surface area contributed by atoms with Gasteiger partial charge in [0.05, 0.1) is 5.71 Å². The molecular formula is C19H20ClN3O3S. The fraction of sp³-hybridized carbons (Fsp3) is 0.316. The minimum Gasteiger partial charge on any atom is -0.453 e. The number of nitrogens with one attached hydrogen (secondary N) is 1. The molecule has 0 radical (unpaired) electrons. The maximum atomic E-state index is 12.7. The first-order chi connectivity index (χ1) is 12.8. The Labute approximate surface area is 167 Å². The van der Waals surface area contributed by atoms with Crippen LogP contribution in [0, 0.1) is 20.8 Å². The minimum absolute atomic E-state index is 0.0869. The molecule has 0 atom stereocenters. The van der Waals surface area contributed by atoms with E-state index in [1.54, 1.807) is 12.1 Å². The lowest BCUT2D eigenvalue weighted by Crippen LogP contribution is -2.26. The predicted molar refractivity (Wildman–Crippen MR) is 109 cm³/mol. The number of hydrogen-bond acceptors (Lipinski definition) is 5. The van der Waals surface area contributed by atoms with E-state index in [0.717, 1.165) is 47.4 Å². The van der Waals surface area contributed by atoms with Gasteiger partial charge in [0, 0.05) is 22.6 Å². The molecule has 0 aliphatic heterocycles. The Kier molecular flexibility index (Phi) is 5.53. The Morgan fingerprint density at radius 1 is 1.30 bits per heavy atom. The summed E-state index contributed by atoms with van der Waals surface area (Å²) in [4.78, 5) is 12.7. The number of benzene rings is 1. The number of rotatable bonds is 3. The Morgan fingerprint density at radius 2 is 1.96 bits per heavy atom. The molecule has 1 aromatic heterocycles. The molecule has 8 heteroatoms. The minimum atomic E-state index is -0.551. The first-order valence-corrected chi connectivity index (χ1v) is 9.30. The molecule has 0 amide bonds. The molecule has 0 spiro atoms. The van der Waals surface area contributed by atoms with E-state index >= 15 is 0 Å². The van der Waals surface area contributed by atoms with Gasteiger partial charge in [-0.15, -0.1) is 0 Å². The maximum absolute atomic E-state index is 12.7.